The first kappa shape index (κ1) is 17.0. The smallest absolute Gasteiger partial charge is 0.326 e. The highest BCUT2D eigenvalue weighted by Crippen LogP contribution is 2.15. The van der Waals surface area contributed by atoms with Gasteiger partial charge in [-0.1, -0.05) is 54.1 Å². The average molecular weight is 334 g/mol. The van der Waals surface area contributed by atoms with Crippen molar-refractivity contribution < 1.29 is 19.8 Å². The fraction of sp³-hybridized carbons (Fsp3) is 0.176. The van der Waals surface area contributed by atoms with Gasteiger partial charge in [0.05, 0.1) is 0 Å². The van der Waals surface area contributed by atoms with E-state index in [-0.39, 0.29) is 6.42 Å². The Bertz CT molecular complexity index is 690. The average Bonchev–Trinajstić information content (AvgIpc) is 2.54. The zero-order valence-electron chi connectivity index (χ0n) is 12.1. The molecule has 3 N–H and O–H groups in total. The van der Waals surface area contributed by atoms with Crippen LogP contribution in [0, 0.1) is 0 Å². The molecular weight excluding hydrogens is 318 g/mol. The second-order valence-corrected chi connectivity index (χ2v) is 5.48. The summed E-state index contributed by atoms with van der Waals surface area (Å²) in [6, 6.07) is 13.9. The topological polar surface area (TPSA) is 86.6 Å². The van der Waals surface area contributed by atoms with E-state index in [1.165, 1.54) is 0 Å². The summed E-state index contributed by atoms with van der Waals surface area (Å²) in [6.07, 6.45) is -1.35. The summed E-state index contributed by atoms with van der Waals surface area (Å²) in [6.45, 7) is 0. The number of amides is 1. The molecule has 2 atom stereocenters. The highest BCUT2D eigenvalue weighted by molar-refractivity contribution is 6.30. The van der Waals surface area contributed by atoms with Gasteiger partial charge in [0.1, 0.15) is 6.04 Å². The Kier molecular flexibility index (Phi) is 5.73. The summed E-state index contributed by atoms with van der Waals surface area (Å²) in [5.41, 5.74) is 1.08. The summed E-state index contributed by atoms with van der Waals surface area (Å²) < 4.78 is 0. The van der Waals surface area contributed by atoms with Crippen LogP contribution in [0.5, 0.6) is 0 Å². The first-order valence-electron chi connectivity index (χ1n) is 6.98. The highest BCUT2D eigenvalue weighted by atomic mass is 35.5. The lowest BCUT2D eigenvalue weighted by atomic mass is 10.0. The van der Waals surface area contributed by atoms with E-state index in [1.807, 2.05) is 0 Å². The van der Waals surface area contributed by atoms with Gasteiger partial charge in [-0.05, 0) is 23.3 Å². The normalized spacial score (nSPS) is 13.1. The number of nitrogens with one attached hydrogen (secondary N) is 1. The zero-order valence-corrected chi connectivity index (χ0v) is 12.9. The minimum Gasteiger partial charge on any atom is -0.480 e. The number of hydrogen-bond donors (Lipinski definition) is 3. The first-order valence-corrected chi connectivity index (χ1v) is 7.36. The molecule has 2 aromatic carbocycles. The van der Waals surface area contributed by atoms with Crippen LogP contribution in [0.2, 0.25) is 5.02 Å². The number of rotatable bonds is 6. The summed E-state index contributed by atoms with van der Waals surface area (Å²) in [7, 11) is 0. The fourth-order valence-corrected chi connectivity index (χ4v) is 2.35. The molecule has 6 heteroatoms. The van der Waals surface area contributed by atoms with Crippen molar-refractivity contribution in [1.82, 2.24) is 5.32 Å². The van der Waals surface area contributed by atoms with Crippen LogP contribution < -0.4 is 5.32 Å². The molecule has 0 heterocycles. The van der Waals surface area contributed by atoms with Crippen molar-refractivity contribution in [3.63, 3.8) is 0 Å². The third-order valence-corrected chi connectivity index (χ3v) is 3.54. The number of carboxylic acids is 1. The van der Waals surface area contributed by atoms with E-state index in [0.717, 1.165) is 0 Å². The molecule has 0 aliphatic heterocycles. The minimum atomic E-state index is -1.42. The molecule has 0 aliphatic carbocycles. The third kappa shape index (κ3) is 4.81. The van der Waals surface area contributed by atoms with Crippen molar-refractivity contribution in [3.05, 3.63) is 70.7 Å². The molecule has 120 valence electrons. The molecule has 0 bridgehead atoms. The molecule has 0 saturated heterocycles. The van der Waals surface area contributed by atoms with Crippen molar-refractivity contribution in [3.8, 4) is 0 Å². The second kappa shape index (κ2) is 7.76. The Morgan fingerprint density at radius 2 is 1.78 bits per heavy atom. The molecule has 0 fully saturated rings. The van der Waals surface area contributed by atoms with Crippen LogP contribution in [0.3, 0.4) is 0 Å². The quantitative estimate of drug-likeness (QED) is 0.756. The number of carboxylic acid groups (broad SMARTS) is 1. The van der Waals surface area contributed by atoms with E-state index in [1.54, 1.807) is 54.6 Å². The van der Waals surface area contributed by atoms with E-state index in [2.05, 4.69) is 5.32 Å². The van der Waals surface area contributed by atoms with E-state index >= 15 is 0 Å². The van der Waals surface area contributed by atoms with E-state index < -0.39 is 24.0 Å². The van der Waals surface area contributed by atoms with Gasteiger partial charge in [-0.3, -0.25) is 4.79 Å². The van der Waals surface area contributed by atoms with Crippen molar-refractivity contribution >= 4 is 23.5 Å². The maximum Gasteiger partial charge on any atom is 0.326 e. The van der Waals surface area contributed by atoms with E-state index in [4.69, 9.17) is 11.6 Å². The van der Waals surface area contributed by atoms with Gasteiger partial charge in [0.15, 0.2) is 6.10 Å². The Labute approximate surface area is 138 Å². The summed E-state index contributed by atoms with van der Waals surface area (Å²) in [5.74, 6) is -1.94. The maximum absolute atomic E-state index is 12.1. The molecule has 23 heavy (non-hydrogen) atoms. The van der Waals surface area contributed by atoms with Crippen LogP contribution in [0.4, 0.5) is 0 Å². The molecule has 2 rings (SSSR count). The van der Waals surface area contributed by atoms with Gasteiger partial charge >= 0.3 is 5.97 Å². The van der Waals surface area contributed by atoms with Crippen LogP contribution in [0.25, 0.3) is 0 Å². The van der Waals surface area contributed by atoms with Crippen LogP contribution >= 0.6 is 11.6 Å². The Hall–Kier alpha value is -2.37. The molecule has 0 spiro atoms. The van der Waals surface area contributed by atoms with Gasteiger partial charge < -0.3 is 15.5 Å². The van der Waals surface area contributed by atoms with Crippen LogP contribution in [-0.2, 0) is 16.0 Å². The molecule has 0 aliphatic rings. The molecular formula is C17H16ClNO4. The SMILES string of the molecule is O=C(O)[C@H](Cc1cccc(Cl)c1)NC(=O)[C@@H](O)c1ccccc1. The summed E-state index contributed by atoms with van der Waals surface area (Å²) >= 11 is 5.87. The van der Waals surface area contributed by atoms with Gasteiger partial charge in [0.25, 0.3) is 5.91 Å². The lowest BCUT2D eigenvalue weighted by Gasteiger charge is -2.17. The first-order chi connectivity index (χ1) is 11.0. The number of aliphatic carboxylic acids is 1. The molecule has 2 aromatic rings. The number of benzene rings is 2. The van der Waals surface area contributed by atoms with Crippen LogP contribution in [0.1, 0.15) is 17.2 Å². The van der Waals surface area contributed by atoms with Gasteiger partial charge in [-0.25, -0.2) is 4.79 Å². The fourth-order valence-electron chi connectivity index (χ4n) is 2.14. The Balaban J connectivity index is 2.07. The van der Waals surface area contributed by atoms with Crippen LogP contribution in [-0.4, -0.2) is 28.1 Å². The third-order valence-electron chi connectivity index (χ3n) is 3.31. The Morgan fingerprint density at radius 1 is 1.09 bits per heavy atom. The van der Waals surface area contributed by atoms with Crippen molar-refractivity contribution in [2.24, 2.45) is 0 Å². The molecule has 0 aromatic heterocycles. The summed E-state index contributed by atoms with van der Waals surface area (Å²) in [5, 5.41) is 22.1. The molecule has 0 unspecified atom stereocenters. The van der Waals surface area contributed by atoms with Gasteiger partial charge in [0.2, 0.25) is 0 Å². The molecule has 0 radical (unpaired) electrons. The molecule has 1 amide bonds. The number of halogens is 1. The number of aliphatic hydroxyl groups is 1. The predicted octanol–water partition coefficient (Wildman–Crippen LogP) is 2.19. The van der Waals surface area contributed by atoms with Crippen molar-refractivity contribution in [2.45, 2.75) is 18.6 Å². The molecule has 5 nitrogen and oxygen atoms in total. The summed E-state index contributed by atoms with van der Waals surface area (Å²) in [4.78, 5) is 23.4. The maximum atomic E-state index is 12.1. The number of hydrogen-bond acceptors (Lipinski definition) is 3. The number of carbonyl (C=O) groups is 2. The standard InChI is InChI=1S/C17H16ClNO4/c18-13-8-4-5-11(9-13)10-14(17(22)23)19-16(21)15(20)12-6-2-1-3-7-12/h1-9,14-15,20H,10H2,(H,19,21)(H,22,23)/t14-,15-/m0/s1. The minimum absolute atomic E-state index is 0.0726. The van der Waals surface area contributed by atoms with Crippen molar-refractivity contribution in [2.75, 3.05) is 0 Å². The Morgan fingerprint density at radius 3 is 2.39 bits per heavy atom. The second-order valence-electron chi connectivity index (χ2n) is 5.05. The predicted molar refractivity (Wildman–Crippen MR) is 86.1 cm³/mol. The van der Waals surface area contributed by atoms with E-state index in [9.17, 15) is 19.8 Å². The largest absolute Gasteiger partial charge is 0.480 e. The van der Waals surface area contributed by atoms with Gasteiger partial charge in [0, 0.05) is 11.4 Å². The van der Waals surface area contributed by atoms with Gasteiger partial charge in [-0.15, -0.1) is 0 Å². The lowest BCUT2D eigenvalue weighted by Crippen LogP contribution is -2.44. The monoisotopic (exact) mass is 333 g/mol. The van der Waals surface area contributed by atoms with E-state index in [0.29, 0.717) is 16.1 Å². The number of carbonyl (C=O) groups excluding carboxylic acids is 1. The number of aliphatic hydroxyl groups excluding tert-OH is 1. The van der Waals surface area contributed by atoms with Crippen molar-refractivity contribution in [1.29, 1.82) is 0 Å². The lowest BCUT2D eigenvalue weighted by molar-refractivity contribution is -0.143. The zero-order chi connectivity index (χ0) is 16.8. The highest BCUT2D eigenvalue weighted by Gasteiger charge is 2.25. The molecule has 0 saturated carbocycles. The van der Waals surface area contributed by atoms with Crippen LogP contribution in [0.15, 0.2) is 54.6 Å². The van der Waals surface area contributed by atoms with Gasteiger partial charge in [-0.2, -0.15) is 0 Å².